The maximum absolute atomic E-state index is 13.6. The number of aryl methyl sites for hydroxylation is 8. The molecular formula is C100H144N24O16S4. The van der Waals surface area contributed by atoms with Crippen LogP contribution >= 0.6 is 0 Å². The van der Waals surface area contributed by atoms with Crippen molar-refractivity contribution < 1.29 is 114 Å². The van der Waals surface area contributed by atoms with Gasteiger partial charge in [-0.15, -0.1) is 0 Å². The molecule has 12 aromatic rings. The summed E-state index contributed by atoms with van der Waals surface area (Å²) in [5.41, 5.74) is -8.52. The number of sulfonamides is 4. The average molecular weight is 2110 g/mol. The minimum atomic E-state index is -4.89. The number of aromatic nitrogens is 16. The molecule has 44 heteroatoms. The second-order valence-electron chi connectivity index (χ2n) is 33.0. The Bertz CT molecular complexity index is 9290. The maximum Gasteiger partial charge on any atom is 0.277 e. The van der Waals surface area contributed by atoms with Gasteiger partial charge in [0.1, 0.15) is 68.4 Å². The quantitative estimate of drug-likeness (QED) is 0.0176. The smallest absolute Gasteiger partial charge is 0.277 e. The lowest BCUT2D eigenvalue weighted by molar-refractivity contribution is 0.297. The second kappa shape index (κ2) is 49.9. The minimum absolute atomic E-state index is 0.00907. The number of fused-ring (bicyclic) bond motifs is 4. The van der Waals surface area contributed by atoms with Gasteiger partial charge in [-0.3, -0.25) is 37.9 Å². The molecule has 8 aromatic heterocycles. The Morgan fingerprint density at radius 3 is 0.917 bits per heavy atom. The van der Waals surface area contributed by atoms with Crippen LogP contribution in [0.3, 0.4) is 0 Å². The molecule has 12 heterocycles. The van der Waals surface area contributed by atoms with Gasteiger partial charge in [-0.1, -0.05) is 80.9 Å². The summed E-state index contributed by atoms with van der Waals surface area (Å²) >= 11 is 0. The summed E-state index contributed by atoms with van der Waals surface area (Å²) < 4.78 is 501. The van der Waals surface area contributed by atoms with Crippen LogP contribution in [0.15, 0.2) is 112 Å². The molecule has 4 aliphatic rings. The number of ether oxygens (including phenoxy) is 4. The number of hydrogen-bond acceptors (Lipinski definition) is 28. The van der Waals surface area contributed by atoms with Crippen LogP contribution in [0, 0.1) is 0 Å². The average Bonchev–Trinajstić information content (AvgIpc) is 1.57. The summed E-state index contributed by atoms with van der Waals surface area (Å²) in [4.78, 5) is 82.6. The predicted octanol–water partition coefficient (Wildman–Crippen LogP) is 11.3. The number of nitrogens with zero attached hydrogens (tertiary/aromatic N) is 16. The summed E-state index contributed by atoms with van der Waals surface area (Å²) in [6.45, 7) is -16.2. The Balaban J connectivity index is 0.000000204. The molecule has 4 aromatic carbocycles. The highest BCUT2D eigenvalue weighted by Gasteiger charge is 2.32. The molecule has 0 amide bonds. The number of H-pyrrole nitrogens is 4. The van der Waals surface area contributed by atoms with Gasteiger partial charge in [0.15, 0.2) is 22.1 Å². The van der Waals surface area contributed by atoms with Crippen molar-refractivity contribution in [1.82, 2.24) is 117 Å². The molecular weight excluding hydrogens is 1920 g/mol. The minimum Gasteiger partial charge on any atom is -0.493 e. The lowest BCUT2D eigenvalue weighted by Gasteiger charge is -2.19. The molecule has 0 saturated carbocycles. The highest BCUT2D eigenvalue weighted by atomic mass is 32.2. The van der Waals surface area contributed by atoms with Crippen LogP contribution in [0.25, 0.3) is 89.7 Å². The van der Waals surface area contributed by atoms with Gasteiger partial charge < -0.3 is 58.5 Å². The SMILES string of the molecule is [2H]C(NS(=O)(=O)c1ccc(OCCC)c(-c2nc3c(CC([2H])([2H])C)nn(C([2H])([2H])[2H])c3c(=O)[nH]2)c1)C([2H])([2H])C1CCCN1C([2H])([2H])[2H].[2H]C([2H])(C)Cc1nn(C([2H])([2H])[2H])c2c(=O)[nH]c(-c3cc(S(=O)(=O)NC([2H])([2H])C([2H])([2H])C4CCCN4C([2H])([2H])[2H])ccc3OCCC)nc12.[2H]C([2H])(C)Cc1nn(C([2H])([2H])[2H])c2c(=O)[nH]c(-c3cc(S(=O)(=O)NCC([2H])([2H])C4CCCN4C([2H])([2H])[2H])ccc3OCCC)nc12.[2H]C([2H])(CNS(=O)(=O)c1ccc(OCCC)c(-c2nc3c(C([2H])([2H])C([2H])([2H])C)nn(C([2H])([2H])[2H])c3c(=O)[nH]2)c1)C1CCCN1C([2H])([2H])[2H]. The Hall–Kier alpha value is -11.0. The van der Waals surface area contributed by atoms with Crippen molar-refractivity contribution in [2.45, 2.75) is 253 Å². The molecule has 0 spiro atoms. The van der Waals surface area contributed by atoms with Crippen molar-refractivity contribution in [2.24, 2.45) is 27.9 Å². The molecule has 40 nitrogen and oxygen atoms in total. The summed E-state index contributed by atoms with van der Waals surface area (Å²) in [5, 5.41) is 15.7. The highest BCUT2D eigenvalue weighted by Crippen LogP contribution is 2.38. The highest BCUT2D eigenvalue weighted by molar-refractivity contribution is 7.90. The van der Waals surface area contributed by atoms with Gasteiger partial charge >= 0.3 is 0 Å². The Labute approximate surface area is 906 Å². The maximum atomic E-state index is 13.6. The monoisotopic (exact) mass is 2110 g/mol. The van der Waals surface area contributed by atoms with Crippen molar-refractivity contribution >= 4 is 84.2 Å². The van der Waals surface area contributed by atoms with E-state index in [4.69, 9.17) is 80.6 Å². The van der Waals surface area contributed by atoms with Crippen molar-refractivity contribution in [3.05, 3.63) is 137 Å². The van der Waals surface area contributed by atoms with Gasteiger partial charge in [-0.25, -0.2) is 72.5 Å². The molecule has 0 aliphatic carbocycles. The van der Waals surface area contributed by atoms with Gasteiger partial charge in [-0.2, -0.15) is 20.4 Å². The van der Waals surface area contributed by atoms with E-state index in [0.29, 0.717) is 59.0 Å². The summed E-state index contributed by atoms with van der Waals surface area (Å²) in [6, 6.07) is 9.17. The number of hydrogen-bond donors (Lipinski definition) is 8. The van der Waals surface area contributed by atoms with Crippen molar-refractivity contribution in [3.8, 4) is 68.5 Å². The topological polar surface area (TPSA) is 489 Å². The van der Waals surface area contributed by atoms with Crippen LogP contribution in [0.5, 0.6) is 23.0 Å². The first kappa shape index (κ1) is 64.2. The summed E-state index contributed by atoms with van der Waals surface area (Å²) in [6.07, 6.45) is -18.2. The third-order valence-electron chi connectivity index (χ3n) is 22.6. The Kier molecular flexibility index (Phi) is 22.2. The molecule has 144 heavy (non-hydrogen) atoms. The van der Waals surface area contributed by atoms with E-state index in [9.17, 15) is 52.8 Å². The van der Waals surface area contributed by atoms with Crippen LogP contribution < -0.4 is 60.1 Å². The van der Waals surface area contributed by atoms with Crippen LogP contribution in [-0.2, 0) is 93.6 Å². The standard InChI is InChI=1S/4C25H36N6O4S/c4*1-5-8-20-22-23(31(4)29-20)25(32)28-24(27-22)19-16-18(10-11-21(19)35-15-6-2)36(33,34)26-13-12-17-9-7-14-30(17)3/h4*10-11,16-17,26H,5-9,12-15H2,1-4H3,(H,27,28,32)/i3D3,4D3,5D2,12D2,13D2;3D3,4D3,5D2,12D2,13D;3D3,4D3,5D2,8D2,12D2;3D3,4D3,5D2,12D2. The number of benzene rings is 4. The van der Waals surface area contributed by atoms with Gasteiger partial charge in [0.05, 0.1) is 91.0 Å². The van der Waals surface area contributed by atoms with E-state index in [1.165, 1.54) is 51.1 Å². The van der Waals surface area contributed by atoms with Crippen LogP contribution in [0.1, 0.15) is 268 Å². The first-order chi connectivity index (χ1) is 86.1. The van der Waals surface area contributed by atoms with Crippen LogP contribution in [-0.4, -0.2) is 263 Å². The van der Waals surface area contributed by atoms with Gasteiger partial charge in [-0.05, 0) is 255 Å². The molecule has 8 N–H and O–H groups in total. The number of aromatic amines is 4. The molecule has 5 unspecified atom stereocenters. The first-order valence-corrected chi connectivity index (χ1v) is 51.8. The first-order valence-electron chi connectivity index (χ1n) is 68.5. The fourth-order valence-corrected chi connectivity index (χ4v) is 19.3. The van der Waals surface area contributed by atoms with E-state index in [1.807, 2.05) is 18.6 Å². The van der Waals surface area contributed by atoms with Crippen molar-refractivity contribution in [2.75, 3.05) is 107 Å². The van der Waals surface area contributed by atoms with Crippen LogP contribution in [0.4, 0.5) is 0 Å². The number of nitrogens with one attached hydrogen (secondary N) is 8. The van der Waals surface area contributed by atoms with E-state index in [1.54, 1.807) is 18.6 Å². The molecule has 16 rings (SSSR count). The zero-order valence-electron chi connectivity index (χ0n) is 125. The molecule has 4 aliphatic heterocycles. The van der Waals surface area contributed by atoms with E-state index >= 15 is 0 Å². The summed E-state index contributed by atoms with van der Waals surface area (Å²) in [7, 11) is -18.4. The number of rotatable bonds is 44. The molecule has 4 saturated heterocycles. The zero-order chi connectivity index (χ0) is 142. The van der Waals surface area contributed by atoms with Gasteiger partial charge in [0.2, 0.25) is 40.1 Å². The Morgan fingerprint density at radius 1 is 0.354 bits per heavy atom. The molecule has 4 fully saturated rings. The van der Waals surface area contributed by atoms with Crippen LogP contribution in [0.2, 0.25) is 0 Å². The van der Waals surface area contributed by atoms with E-state index in [2.05, 4.69) is 69.7 Å². The predicted molar refractivity (Wildman–Crippen MR) is 559 cm³/mol. The van der Waals surface area contributed by atoms with E-state index in [0.717, 1.165) is 69.0 Å². The summed E-state index contributed by atoms with van der Waals surface area (Å²) in [5.74, 6) is -0.823. The van der Waals surface area contributed by atoms with Gasteiger partial charge in [0, 0.05) is 140 Å². The van der Waals surface area contributed by atoms with E-state index in [-0.39, 0.29) is 203 Å². The normalized spacial score (nSPS) is 23.3. The number of likely N-dealkylation sites (tertiary alicyclic amines) is 4. The fourth-order valence-electron chi connectivity index (χ4n) is 15.6. The van der Waals surface area contributed by atoms with Crippen molar-refractivity contribution in [3.63, 3.8) is 0 Å². The Morgan fingerprint density at radius 2 is 0.632 bits per heavy atom. The molecule has 784 valence electrons. The lowest BCUT2D eigenvalue weighted by Crippen LogP contribution is -2.31. The largest absolute Gasteiger partial charge is 0.493 e. The van der Waals surface area contributed by atoms with Gasteiger partial charge in [0.25, 0.3) is 22.2 Å². The third kappa shape index (κ3) is 26.5. The fraction of sp³-hybridized carbons (Fsp3) is 0.560. The zero-order valence-corrected chi connectivity index (χ0v) is 83.1. The third-order valence-corrected chi connectivity index (χ3v) is 28.0. The lowest BCUT2D eigenvalue weighted by atomic mass is 10.1. The van der Waals surface area contributed by atoms with Crippen molar-refractivity contribution in [1.29, 1.82) is 0 Å². The van der Waals surface area contributed by atoms with E-state index < -0.39 is 287 Å². The molecule has 5 atom stereocenters. The molecule has 0 bridgehead atoms. The molecule has 0 radical (unpaired) electrons. The second-order valence-corrected chi connectivity index (χ2v) is 40.0.